The second-order valence-corrected chi connectivity index (χ2v) is 7.75. The fourth-order valence-corrected chi connectivity index (χ4v) is 4.22. The number of nitrogens with two attached hydrogens (primary N) is 1. The van der Waals surface area contributed by atoms with Gasteiger partial charge in [-0.1, -0.05) is 30.3 Å². The number of primary amides is 1. The highest BCUT2D eigenvalue weighted by atomic mass is 32.1. The third-order valence-corrected chi connectivity index (χ3v) is 5.42. The molecule has 1 aromatic heterocycles. The number of thiophene rings is 1. The van der Waals surface area contributed by atoms with E-state index >= 15 is 0 Å². The first-order valence-electron chi connectivity index (χ1n) is 8.65. The van der Waals surface area contributed by atoms with E-state index in [0.717, 1.165) is 16.0 Å². The van der Waals surface area contributed by atoms with E-state index in [4.69, 9.17) is 22.7 Å². The Hall–Kier alpha value is -3.23. The summed E-state index contributed by atoms with van der Waals surface area (Å²) in [7, 11) is 1.35. The first kappa shape index (κ1) is 20.5. The Morgan fingerprint density at radius 2 is 1.69 bits per heavy atom. The molecule has 3 rings (SSSR count). The van der Waals surface area contributed by atoms with Crippen molar-refractivity contribution >= 4 is 51.2 Å². The van der Waals surface area contributed by atoms with Crippen LogP contribution in [0, 0.1) is 6.92 Å². The van der Waals surface area contributed by atoms with Crippen molar-refractivity contribution in [1.82, 2.24) is 0 Å². The number of amides is 1. The van der Waals surface area contributed by atoms with Crippen LogP contribution in [0.15, 0.2) is 54.6 Å². The lowest BCUT2D eigenvalue weighted by molar-refractivity contribution is 0.0603. The van der Waals surface area contributed by atoms with Crippen molar-refractivity contribution in [2.45, 2.75) is 6.92 Å². The average Bonchev–Trinajstić information content (AvgIpc) is 3.03. The molecule has 0 radical (unpaired) electrons. The molecule has 0 aliphatic rings. The van der Waals surface area contributed by atoms with E-state index in [9.17, 15) is 9.59 Å². The molecule has 8 heteroatoms. The van der Waals surface area contributed by atoms with Crippen molar-refractivity contribution in [2.24, 2.45) is 5.73 Å². The molecule has 0 spiro atoms. The highest BCUT2D eigenvalue weighted by Gasteiger charge is 2.24. The van der Waals surface area contributed by atoms with Crippen LogP contribution in [-0.4, -0.2) is 24.1 Å². The zero-order valence-electron chi connectivity index (χ0n) is 15.8. The van der Waals surface area contributed by atoms with Gasteiger partial charge in [-0.25, -0.2) is 4.79 Å². The summed E-state index contributed by atoms with van der Waals surface area (Å²) < 4.78 is 5.01. The molecule has 2 aromatic carbocycles. The molecule has 0 unspecified atom stereocenters. The van der Waals surface area contributed by atoms with E-state index in [1.165, 1.54) is 18.4 Å². The Morgan fingerprint density at radius 1 is 1.03 bits per heavy atom. The standard InChI is InChI=1S/C21H19N3O3S2/c1-12-16(13-6-4-3-5-7-13)17(20(26)27-2)19(29-12)24-21(28)23-15-10-8-14(9-11-15)18(22)25/h3-11H,1-2H3,(H2,22,25)(H2,23,24,28). The number of benzene rings is 2. The number of methoxy groups -OCH3 is 1. The minimum absolute atomic E-state index is 0.308. The van der Waals surface area contributed by atoms with Gasteiger partial charge in [0.25, 0.3) is 0 Å². The highest BCUT2D eigenvalue weighted by Crippen LogP contribution is 2.40. The van der Waals surface area contributed by atoms with Crippen LogP contribution in [-0.2, 0) is 4.74 Å². The fraction of sp³-hybridized carbons (Fsp3) is 0.0952. The molecule has 6 nitrogen and oxygen atoms in total. The van der Waals surface area contributed by atoms with Gasteiger partial charge in [-0.15, -0.1) is 11.3 Å². The summed E-state index contributed by atoms with van der Waals surface area (Å²) >= 11 is 6.82. The van der Waals surface area contributed by atoms with Crippen molar-refractivity contribution in [1.29, 1.82) is 0 Å². The van der Waals surface area contributed by atoms with Gasteiger partial charge in [-0.3, -0.25) is 4.79 Å². The van der Waals surface area contributed by atoms with Gasteiger partial charge in [0.2, 0.25) is 5.91 Å². The molecule has 1 amide bonds. The van der Waals surface area contributed by atoms with Crippen LogP contribution in [0.3, 0.4) is 0 Å². The number of carbonyl (C=O) groups is 2. The molecule has 0 atom stereocenters. The number of hydrogen-bond donors (Lipinski definition) is 3. The first-order valence-corrected chi connectivity index (χ1v) is 9.88. The number of aryl methyl sites for hydroxylation is 1. The zero-order valence-corrected chi connectivity index (χ0v) is 17.4. The molecular weight excluding hydrogens is 406 g/mol. The molecule has 1 heterocycles. The predicted octanol–water partition coefficient (Wildman–Crippen LogP) is 4.42. The number of hydrogen-bond acceptors (Lipinski definition) is 5. The van der Waals surface area contributed by atoms with Crippen LogP contribution >= 0.6 is 23.6 Å². The van der Waals surface area contributed by atoms with Crippen LogP contribution in [0.1, 0.15) is 25.6 Å². The van der Waals surface area contributed by atoms with Gasteiger partial charge in [0.1, 0.15) is 10.6 Å². The van der Waals surface area contributed by atoms with Crippen LogP contribution in [0.4, 0.5) is 10.7 Å². The summed E-state index contributed by atoms with van der Waals surface area (Å²) in [5.41, 5.74) is 8.52. The van der Waals surface area contributed by atoms with Gasteiger partial charge in [-0.2, -0.15) is 0 Å². The molecule has 0 aliphatic heterocycles. The Balaban J connectivity index is 1.87. The second-order valence-electron chi connectivity index (χ2n) is 6.12. The summed E-state index contributed by atoms with van der Waals surface area (Å²) in [5.74, 6) is -0.938. The molecule has 3 aromatic rings. The third-order valence-electron chi connectivity index (χ3n) is 4.19. The van der Waals surface area contributed by atoms with Gasteiger partial charge in [0.05, 0.1) is 7.11 Å². The minimum Gasteiger partial charge on any atom is -0.465 e. The number of ether oxygens (including phenoxy) is 1. The van der Waals surface area contributed by atoms with Gasteiger partial charge in [0, 0.05) is 21.7 Å². The second kappa shape index (κ2) is 8.85. The summed E-state index contributed by atoms with van der Waals surface area (Å²) in [6.07, 6.45) is 0. The Morgan fingerprint density at radius 3 is 2.28 bits per heavy atom. The monoisotopic (exact) mass is 425 g/mol. The van der Waals surface area contributed by atoms with Crippen molar-refractivity contribution in [2.75, 3.05) is 17.7 Å². The number of rotatable bonds is 5. The minimum atomic E-state index is -0.498. The Bertz CT molecular complexity index is 1060. The molecule has 0 bridgehead atoms. The lowest BCUT2D eigenvalue weighted by Gasteiger charge is -2.11. The van der Waals surface area contributed by atoms with Gasteiger partial charge < -0.3 is 21.1 Å². The van der Waals surface area contributed by atoms with E-state index < -0.39 is 11.9 Å². The zero-order chi connectivity index (χ0) is 21.0. The molecule has 4 N–H and O–H groups in total. The lowest BCUT2D eigenvalue weighted by atomic mass is 10.0. The first-order chi connectivity index (χ1) is 13.9. The maximum atomic E-state index is 12.5. The van der Waals surface area contributed by atoms with Crippen LogP contribution in [0.25, 0.3) is 11.1 Å². The topological polar surface area (TPSA) is 93.4 Å². The molecule has 148 valence electrons. The van der Waals surface area contributed by atoms with E-state index in [2.05, 4.69) is 10.6 Å². The van der Waals surface area contributed by atoms with E-state index in [-0.39, 0.29) is 0 Å². The van der Waals surface area contributed by atoms with Gasteiger partial charge in [0.15, 0.2) is 5.11 Å². The smallest absolute Gasteiger partial charge is 0.341 e. The summed E-state index contributed by atoms with van der Waals surface area (Å²) in [5, 5.41) is 7.03. The normalized spacial score (nSPS) is 10.3. The number of nitrogens with one attached hydrogen (secondary N) is 2. The molecule has 0 saturated carbocycles. The van der Waals surface area contributed by atoms with Crippen molar-refractivity contribution in [3.63, 3.8) is 0 Å². The maximum absolute atomic E-state index is 12.5. The van der Waals surface area contributed by atoms with E-state index in [0.29, 0.717) is 26.9 Å². The van der Waals surface area contributed by atoms with Gasteiger partial charge >= 0.3 is 5.97 Å². The third kappa shape index (κ3) is 4.61. The van der Waals surface area contributed by atoms with Crippen molar-refractivity contribution in [3.05, 3.63) is 70.6 Å². The predicted molar refractivity (Wildman–Crippen MR) is 121 cm³/mol. The SMILES string of the molecule is COC(=O)c1c(NC(=S)Nc2ccc(C(N)=O)cc2)sc(C)c1-c1ccccc1. The molecular formula is C21H19N3O3S2. The number of carbonyl (C=O) groups excluding carboxylic acids is 2. The van der Waals surface area contributed by atoms with E-state index in [1.54, 1.807) is 24.3 Å². The largest absolute Gasteiger partial charge is 0.465 e. The summed E-state index contributed by atoms with van der Waals surface area (Å²) in [6, 6.07) is 16.3. The Kier molecular flexibility index (Phi) is 6.26. The van der Waals surface area contributed by atoms with Crippen molar-refractivity contribution < 1.29 is 14.3 Å². The molecule has 29 heavy (non-hydrogen) atoms. The fourth-order valence-electron chi connectivity index (χ4n) is 2.87. The summed E-state index contributed by atoms with van der Waals surface area (Å²) in [4.78, 5) is 24.7. The van der Waals surface area contributed by atoms with Gasteiger partial charge in [-0.05, 0) is 49.0 Å². The quantitative estimate of drug-likeness (QED) is 0.414. The van der Waals surface area contributed by atoms with Crippen LogP contribution in [0.2, 0.25) is 0 Å². The van der Waals surface area contributed by atoms with Crippen molar-refractivity contribution in [3.8, 4) is 11.1 Å². The van der Waals surface area contributed by atoms with Crippen LogP contribution in [0.5, 0.6) is 0 Å². The maximum Gasteiger partial charge on any atom is 0.341 e. The van der Waals surface area contributed by atoms with E-state index in [1.807, 2.05) is 37.3 Å². The molecule has 0 saturated heterocycles. The highest BCUT2D eigenvalue weighted by molar-refractivity contribution is 7.80. The number of thiocarbonyl (C=S) groups is 1. The summed E-state index contributed by atoms with van der Waals surface area (Å²) in [6.45, 7) is 1.95. The molecule has 0 aliphatic carbocycles. The Labute approximate surface area is 177 Å². The average molecular weight is 426 g/mol. The number of anilines is 2. The number of esters is 1. The van der Waals surface area contributed by atoms with Crippen LogP contribution < -0.4 is 16.4 Å². The molecule has 0 fully saturated rings. The lowest BCUT2D eigenvalue weighted by Crippen LogP contribution is -2.20.